The van der Waals surface area contributed by atoms with Gasteiger partial charge in [-0.15, -0.1) is 0 Å². The molecule has 0 saturated carbocycles. The number of carbonyl (C=O) groups is 2. The Hall–Kier alpha value is -3.10. The predicted octanol–water partition coefficient (Wildman–Crippen LogP) is 1.33. The molecule has 0 saturated heterocycles. The van der Waals surface area contributed by atoms with Gasteiger partial charge in [-0.1, -0.05) is 0 Å². The quantitative estimate of drug-likeness (QED) is 0.427. The Morgan fingerprint density at radius 3 is 1.33 bits per heavy atom. The summed E-state index contributed by atoms with van der Waals surface area (Å²) in [7, 11) is 0. The lowest BCUT2D eigenvalue weighted by Gasteiger charge is -2.09. The van der Waals surface area contributed by atoms with Crippen LogP contribution in [-0.4, -0.2) is 45.0 Å². The minimum absolute atomic E-state index is 0.119. The van der Waals surface area contributed by atoms with Crippen LogP contribution in [0.15, 0.2) is 48.5 Å². The van der Waals surface area contributed by atoms with Crippen LogP contribution in [0.5, 0.6) is 11.5 Å². The van der Waals surface area contributed by atoms with E-state index in [1.54, 1.807) is 48.5 Å². The lowest BCUT2D eigenvalue weighted by atomic mass is 10.2. The van der Waals surface area contributed by atoms with Gasteiger partial charge < -0.3 is 30.4 Å². The molecule has 2 aromatic carbocycles. The monoisotopic (exact) mass is 374 g/mol. The van der Waals surface area contributed by atoms with Crippen LogP contribution in [0, 0.1) is 0 Å². The van der Waals surface area contributed by atoms with Crippen LogP contribution in [0.3, 0.4) is 0 Å². The van der Waals surface area contributed by atoms with E-state index in [4.69, 9.17) is 30.4 Å². The van der Waals surface area contributed by atoms with Crippen LogP contribution in [0.25, 0.3) is 0 Å². The third kappa shape index (κ3) is 7.35. The smallest absolute Gasteiger partial charge is 0.248 e. The molecule has 0 fully saturated rings. The minimum Gasteiger partial charge on any atom is -0.491 e. The molecule has 0 aliphatic heterocycles. The molecule has 0 radical (unpaired) electrons. The van der Waals surface area contributed by atoms with Crippen molar-refractivity contribution in [3.63, 3.8) is 0 Å². The molecule has 0 aromatic heterocycles. The van der Waals surface area contributed by atoms with Crippen LogP contribution >= 0.6 is 0 Å². The summed E-state index contributed by atoms with van der Waals surface area (Å²) >= 11 is 0. The first-order valence-corrected chi connectivity index (χ1v) is 8.27. The fraction of sp³-hybridized carbons (Fsp3) is 0.263. The van der Waals surface area contributed by atoms with Crippen LogP contribution in [0.2, 0.25) is 0 Å². The van der Waals surface area contributed by atoms with E-state index in [0.717, 1.165) is 0 Å². The summed E-state index contributed by atoms with van der Waals surface area (Å²) in [5.41, 5.74) is 11.2. The van der Waals surface area contributed by atoms with Crippen LogP contribution in [0.4, 0.5) is 0 Å². The molecule has 8 nitrogen and oxygen atoms in total. The Kier molecular flexibility index (Phi) is 8.08. The zero-order chi connectivity index (χ0) is 19.5. The standard InChI is InChI=1S/C19H22N2O6/c20-18(22)14-1-5-16(6-2-14)26-11-9-24-13-25-10-12-27-17-7-3-15(4-8-17)19(21)23/h1-8H,9-13H2,(H2,20,22)(H2,21,23). The molecule has 0 aliphatic rings. The lowest BCUT2D eigenvalue weighted by Crippen LogP contribution is -2.13. The molecular weight excluding hydrogens is 352 g/mol. The highest BCUT2D eigenvalue weighted by atomic mass is 16.7. The Bertz CT molecular complexity index is 667. The van der Waals surface area contributed by atoms with E-state index < -0.39 is 11.8 Å². The van der Waals surface area contributed by atoms with Crippen molar-refractivity contribution in [2.45, 2.75) is 0 Å². The van der Waals surface area contributed by atoms with Gasteiger partial charge in [-0.05, 0) is 48.5 Å². The fourth-order valence-corrected chi connectivity index (χ4v) is 2.04. The lowest BCUT2D eigenvalue weighted by molar-refractivity contribution is -0.0662. The minimum atomic E-state index is -0.478. The first-order chi connectivity index (χ1) is 13.1. The number of hydrogen-bond donors (Lipinski definition) is 2. The number of hydrogen-bond acceptors (Lipinski definition) is 6. The second kappa shape index (κ2) is 10.8. The molecule has 0 atom stereocenters. The first-order valence-electron chi connectivity index (χ1n) is 8.27. The van der Waals surface area contributed by atoms with E-state index in [9.17, 15) is 9.59 Å². The molecule has 2 rings (SSSR count). The number of rotatable bonds is 12. The Morgan fingerprint density at radius 2 is 1.00 bits per heavy atom. The summed E-state index contributed by atoms with van der Waals surface area (Å²) in [6, 6.07) is 13.1. The summed E-state index contributed by atoms with van der Waals surface area (Å²) in [4.78, 5) is 21.9. The third-order valence-corrected chi connectivity index (χ3v) is 3.44. The SMILES string of the molecule is NC(=O)c1ccc(OCCOCOCCOc2ccc(C(N)=O)cc2)cc1. The Labute approximate surface area is 157 Å². The molecule has 8 heteroatoms. The second-order valence-corrected chi connectivity index (χ2v) is 5.41. The van der Waals surface area contributed by atoms with E-state index in [-0.39, 0.29) is 6.79 Å². The molecule has 0 spiro atoms. The molecule has 2 aromatic rings. The van der Waals surface area contributed by atoms with Crippen molar-refractivity contribution in [2.75, 3.05) is 33.2 Å². The Balaban J connectivity index is 1.48. The van der Waals surface area contributed by atoms with Crippen LogP contribution < -0.4 is 20.9 Å². The number of ether oxygens (including phenoxy) is 4. The number of nitrogens with two attached hydrogens (primary N) is 2. The van der Waals surface area contributed by atoms with Gasteiger partial charge in [0.15, 0.2) is 0 Å². The summed E-state index contributed by atoms with van der Waals surface area (Å²) < 4.78 is 21.5. The van der Waals surface area contributed by atoms with E-state index in [2.05, 4.69) is 0 Å². The topological polar surface area (TPSA) is 123 Å². The second-order valence-electron chi connectivity index (χ2n) is 5.41. The average Bonchev–Trinajstić information content (AvgIpc) is 2.67. The average molecular weight is 374 g/mol. The predicted molar refractivity (Wildman–Crippen MR) is 97.7 cm³/mol. The number of primary amides is 2. The van der Waals surface area contributed by atoms with Gasteiger partial charge in [-0.3, -0.25) is 9.59 Å². The van der Waals surface area contributed by atoms with E-state index in [1.165, 1.54) is 0 Å². The van der Waals surface area contributed by atoms with Crippen molar-refractivity contribution < 1.29 is 28.5 Å². The summed E-state index contributed by atoms with van der Waals surface area (Å²) in [6.07, 6.45) is 0. The zero-order valence-corrected chi connectivity index (χ0v) is 14.8. The zero-order valence-electron chi connectivity index (χ0n) is 14.8. The molecule has 0 aliphatic carbocycles. The van der Waals surface area contributed by atoms with E-state index >= 15 is 0 Å². The molecular formula is C19H22N2O6. The van der Waals surface area contributed by atoms with Crippen molar-refractivity contribution >= 4 is 11.8 Å². The van der Waals surface area contributed by atoms with Gasteiger partial charge in [0, 0.05) is 11.1 Å². The van der Waals surface area contributed by atoms with Crippen molar-refractivity contribution in [1.29, 1.82) is 0 Å². The van der Waals surface area contributed by atoms with Crippen LogP contribution in [-0.2, 0) is 9.47 Å². The van der Waals surface area contributed by atoms with Crippen LogP contribution in [0.1, 0.15) is 20.7 Å². The molecule has 0 heterocycles. The van der Waals surface area contributed by atoms with Gasteiger partial charge >= 0.3 is 0 Å². The highest BCUT2D eigenvalue weighted by Crippen LogP contribution is 2.12. The van der Waals surface area contributed by atoms with Crippen molar-refractivity contribution in [3.05, 3.63) is 59.7 Å². The summed E-state index contributed by atoms with van der Waals surface area (Å²) in [6.45, 7) is 1.53. The van der Waals surface area contributed by atoms with Crippen molar-refractivity contribution in [1.82, 2.24) is 0 Å². The molecule has 144 valence electrons. The number of amides is 2. The maximum absolute atomic E-state index is 11.0. The highest BCUT2D eigenvalue weighted by molar-refractivity contribution is 5.93. The maximum Gasteiger partial charge on any atom is 0.248 e. The first kappa shape index (κ1) is 20.2. The normalized spacial score (nSPS) is 10.4. The largest absolute Gasteiger partial charge is 0.491 e. The van der Waals surface area contributed by atoms with Crippen molar-refractivity contribution in [3.8, 4) is 11.5 Å². The third-order valence-electron chi connectivity index (χ3n) is 3.44. The molecule has 0 bridgehead atoms. The molecule has 4 N–H and O–H groups in total. The van der Waals surface area contributed by atoms with Crippen molar-refractivity contribution in [2.24, 2.45) is 11.5 Å². The summed E-state index contributed by atoms with van der Waals surface area (Å²) in [5.74, 6) is 0.294. The molecule has 0 unspecified atom stereocenters. The maximum atomic E-state index is 11.0. The van der Waals surface area contributed by atoms with Gasteiger partial charge in [0.2, 0.25) is 11.8 Å². The highest BCUT2D eigenvalue weighted by Gasteiger charge is 2.01. The van der Waals surface area contributed by atoms with Gasteiger partial charge in [0.05, 0.1) is 13.2 Å². The number of benzene rings is 2. The van der Waals surface area contributed by atoms with Gasteiger partial charge in [-0.2, -0.15) is 0 Å². The van der Waals surface area contributed by atoms with Gasteiger partial charge in [-0.25, -0.2) is 0 Å². The summed E-state index contributed by atoms with van der Waals surface area (Å²) in [5, 5.41) is 0. The van der Waals surface area contributed by atoms with Gasteiger partial charge in [0.1, 0.15) is 31.5 Å². The molecule has 2 amide bonds. The number of carbonyl (C=O) groups excluding carboxylic acids is 2. The van der Waals surface area contributed by atoms with Gasteiger partial charge in [0.25, 0.3) is 0 Å². The molecule has 27 heavy (non-hydrogen) atoms. The fourth-order valence-electron chi connectivity index (χ4n) is 2.04. The van der Waals surface area contributed by atoms with E-state index in [0.29, 0.717) is 49.1 Å². The Morgan fingerprint density at radius 1 is 0.630 bits per heavy atom. The van der Waals surface area contributed by atoms with E-state index in [1.807, 2.05) is 0 Å².